The molecule has 10 N–H and O–H groups in total. The molecule has 0 bridgehead atoms. The fourth-order valence-electron chi connectivity index (χ4n) is 4.55. The Kier molecular flexibility index (Phi) is 15.4. The SMILES string of the molecule is CC(C)(CCC(C)(C)NC(O)CC[C@H](NC(=O)N[C@@H](CCC(=O)O)C(=O)O)C(=O)O)CC(=O)N[C@@H](Cc1ccc(O)cc1)C(=O)O. The normalized spacial score (nSPS) is 14.3. The molecular weight excluding hydrogens is 608 g/mol. The van der Waals surface area contributed by atoms with Crippen LogP contribution < -0.4 is 21.3 Å². The monoisotopic (exact) mass is 654 g/mol. The van der Waals surface area contributed by atoms with Crippen molar-refractivity contribution in [1.29, 1.82) is 0 Å². The zero-order valence-electron chi connectivity index (χ0n) is 26.4. The maximum absolute atomic E-state index is 12.7. The van der Waals surface area contributed by atoms with Gasteiger partial charge in [0.15, 0.2) is 0 Å². The summed E-state index contributed by atoms with van der Waals surface area (Å²) in [5.41, 5.74) is -0.609. The molecule has 0 aliphatic carbocycles. The minimum atomic E-state index is -1.54. The Balaban J connectivity index is 2.62. The molecule has 4 atom stereocenters. The molecule has 0 aromatic heterocycles. The number of hydrogen-bond donors (Lipinski definition) is 10. The fourth-order valence-corrected chi connectivity index (χ4v) is 4.55. The second kappa shape index (κ2) is 17.9. The molecule has 3 amide bonds. The van der Waals surface area contributed by atoms with Crippen molar-refractivity contribution >= 4 is 35.8 Å². The molecule has 0 fully saturated rings. The average molecular weight is 655 g/mol. The Labute approximate surface area is 266 Å². The minimum Gasteiger partial charge on any atom is -0.508 e. The smallest absolute Gasteiger partial charge is 0.326 e. The molecule has 0 radical (unpaired) electrons. The number of aliphatic carboxylic acids is 4. The van der Waals surface area contributed by atoms with E-state index in [1.807, 2.05) is 19.2 Å². The van der Waals surface area contributed by atoms with Gasteiger partial charge in [-0.15, -0.1) is 0 Å². The number of benzene rings is 1. The van der Waals surface area contributed by atoms with Crippen molar-refractivity contribution in [3.05, 3.63) is 29.8 Å². The summed E-state index contributed by atoms with van der Waals surface area (Å²) in [5, 5.41) is 66.6. The van der Waals surface area contributed by atoms with Crippen LogP contribution in [0.5, 0.6) is 5.75 Å². The van der Waals surface area contributed by atoms with Gasteiger partial charge in [0.2, 0.25) is 5.91 Å². The standard InChI is InChI=1S/C30H46N4O12/c1-29(2,16-23(37)31-21(27(44)45)15-17-5-7-18(35)8-6-17)13-14-30(3,4)34-22(36)11-9-19(25(40)41)32-28(46)33-20(26(42)43)10-12-24(38)39/h5-8,19-22,34-36H,9-16H2,1-4H3,(H,31,37)(H,38,39)(H,40,41)(H,42,43)(H,44,45)(H2,32,33,46)/t19-,20-,21-,22?/m0/s1. The third-order valence-electron chi connectivity index (χ3n) is 7.22. The Bertz CT molecular complexity index is 1220. The molecule has 0 heterocycles. The molecule has 0 aliphatic rings. The van der Waals surface area contributed by atoms with Gasteiger partial charge in [-0.1, -0.05) is 26.0 Å². The fraction of sp³-hybridized carbons (Fsp3) is 0.600. The van der Waals surface area contributed by atoms with E-state index in [1.165, 1.54) is 12.1 Å². The molecule has 258 valence electrons. The molecule has 1 unspecified atom stereocenters. The molecule has 0 saturated heterocycles. The van der Waals surface area contributed by atoms with Gasteiger partial charge in [0.05, 0.1) is 0 Å². The van der Waals surface area contributed by atoms with E-state index in [1.54, 1.807) is 26.0 Å². The molecule has 46 heavy (non-hydrogen) atoms. The van der Waals surface area contributed by atoms with Crippen molar-refractivity contribution in [1.82, 2.24) is 21.3 Å². The van der Waals surface area contributed by atoms with Crippen LogP contribution in [0.3, 0.4) is 0 Å². The summed E-state index contributed by atoms with van der Waals surface area (Å²) in [6.45, 7) is 7.29. The molecule has 0 spiro atoms. The van der Waals surface area contributed by atoms with Gasteiger partial charge in [-0.2, -0.15) is 0 Å². The number of urea groups is 1. The zero-order valence-corrected chi connectivity index (χ0v) is 26.4. The maximum Gasteiger partial charge on any atom is 0.326 e. The van der Waals surface area contributed by atoms with Crippen LogP contribution in [0.1, 0.15) is 78.2 Å². The van der Waals surface area contributed by atoms with Crippen molar-refractivity contribution < 1.29 is 59.4 Å². The topological polar surface area (TPSA) is 272 Å². The van der Waals surface area contributed by atoms with Gasteiger partial charge in [0.25, 0.3) is 0 Å². The molecule has 1 aromatic rings. The molecule has 0 saturated carbocycles. The summed E-state index contributed by atoms with van der Waals surface area (Å²) in [7, 11) is 0. The Morgan fingerprint density at radius 1 is 0.717 bits per heavy atom. The largest absolute Gasteiger partial charge is 0.508 e. The van der Waals surface area contributed by atoms with E-state index in [4.69, 9.17) is 10.2 Å². The van der Waals surface area contributed by atoms with Gasteiger partial charge in [-0.05, 0) is 69.1 Å². The molecule has 1 aromatic carbocycles. The lowest BCUT2D eigenvalue weighted by Crippen LogP contribution is -2.52. The van der Waals surface area contributed by atoms with E-state index in [0.717, 1.165) is 0 Å². The van der Waals surface area contributed by atoms with Gasteiger partial charge in [0.1, 0.15) is 30.1 Å². The van der Waals surface area contributed by atoms with Crippen LogP contribution in [0.15, 0.2) is 24.3 Å². The number of phenols is 1. The van der Waals surface area contributed by atoms with Crippen molar-refractivity contribution in [2.24, 2.45) is 5.41 Å². The lowest BCUT2D eigenvalue weighted by atomic mass is 9.80. The highest BCUT2D eigenvalue weighted by molar-refractivity contribution is 5.86. The van der Waals surface area contributed by atoms with Gasteiger partial charge in [-0.25, -0.2) is 19.2 Å². The van der Waals surface area contributed by atoms with Crippen LogP contribution in [-0.2, 0) is 30.4 Å². The van der Waals surface area contributed by atoms with Crippen LogP contribution in [-0.4, -0.2) is 96.3 Å². The molecule has 16 nitrogen and oxygen atoms in total. The highest BCUT2D eigenvalue weighted by atomic mass is 16.4. The van der Waals surface area contributed by atoms with Crippen LogP contribution in [0, 0.1) is 5.41 Å². The lowest BCUT2D eigenvalue weighted by molar-refractivity contribution is -0.142. The first kappa shape index (κ1) is 39.6. The average Bonchev–Trinajstić information content (AvgIpc) is 2.92. The number of amides is 3. The minimum absolute atomic E-state index is 0.0259. The number of hydrogen-bond acceptors (Lipinski definition) is 9. The summed E-state index contributed by atoms with van der Waals surface area (Å²) in [6, 6.07) is 0.709. The first-order chi connectivity index (χ1) is 21.2. The van der Waals surface area contributed by atoms with Crippen LogP contribution >= 0.6 is 0 Å². The van der Waals surface area contributed by atoms with Crippen molar-refractivity contribution in [2.45, 2.75) is 109 Å². The van der Waals surface area contributed by atoms with Crippen molar-refractivity contribution in [3.8, 4) is 5.75 Å². The number of nitrogens with one attached hydrogen (secondary N) is 4. The number of aliphatic hydroxyl groups excluding tert-OH is 1. The number of aliphatic hydroxyl groups is 1. The van der Waals surface area contributed by atoms with Crippen LogP contribution in [0.2, 0.25) is 0 Å². The predicted molar refractivity (Wildman–Crippen MR) is 163 cm³/mol. The second-order valence-electron chi connectivity index (χ2n) is 12.6. The number of rotatable bonds is 21. The van der Waals surface area contributed by atoms with Crippen LogP contribution in [0.4, 0.5) is 4.79 Å². The highest BCUT2D eigenvalue weighted by Crippen LogP contribution is 2.30. The predicted octanol–water partition coefficient (Wildman–Crippen LogP) is 1.24. The number of carboxylic acid groups (broad SMARTS) is 4. The first-order valence-electron chi connectivity index (χ1n) is 14.7. The number of carbonyl (C=O) groups is 6. The van der Waals surface area contributed by atoms with Gasteiger partial charge < -0.3 is 46.6 Å². The summed E-state index contributed by atoms with van der Waals surface area (Å²) in [6.07, 6.45) is -1.42. The quantitative estimate of drug-likeness (QED) is 0.0837. The molecular formula is C30H46N4O12. The number of phenolic OH excluding ortho intramolecular Hbond substituents is 1. The summed E-state index contributed by atoms with van der Waals surface area (Å²) < 4.78 is 0. The molecule has 0 aliphatic heterocycles. The zero-order chi connectivity index (χ0) is 35.2. The third-order valence-corrected chi connectivity index (χ3v) is 7.22. The van der Waals surface area contributed by atoms with Gasteiger partial charge in [0, 0.05) is 24.8 Å². The lowest BCUT2D eigenvalue weighted by Gasteiger charge is -2.34. The Morgan fingerprint density at radius 3 is 1.74 bits per heavy atom. The van der Waals surface area contributed by atoms with E-state index in [-0.39, 0.29) is 31.4 Å². The summed E-state index contributed by atoms with van der Waals surface area (Å²) >= 11 is 0. The number of aromatic hydroxyl groups is 1. The van der Waals surface area contributed by atoms with Crippen molar-refractivity contribution in [3.63, 3.8) is 0 Å². The van der Waals surface area contributed by atoms with E-state index < -0.39 is 84.0 Å². The highest BCUT2D eigenvalue weighted by Gasteiger charge is 2.31. The summed E-state index contributed by atoms with van der Waals surface area (Å²) in [4.78, 5) is 70.3. The molecule has 1 rings (SSSR count). The Morgan fingerprint density at radius 2 is 1.24 bits per heavy atom. The van der Waals surface area contributed by atoms with E-state index >= 15 is 0 Å². The summed E-state index contributed by atoms with van der Waals surface area (Å²) in [5.74, 6) is -5.77. The number of carbonyl (C=O) groups excluding carboxylic acids is 2. The van der Waals surface area contributed by atoms with Gasteiger partial charge >= 0.3 is 29.9 Å². The second-order valence-corrected chi connectivity index (χ2v) is 12.6. The Hall–Kier alpha value is -4.44. The van der Waals surface area contributed by atoms with E-state index in [0.29, 0.717) is 18.4 Å². The van der Waals surface area contributed by atoms with E-state index in [9.17, 15) is 49.2 Å². The van der Waals surface area contributed by atoms with Gasteiger partial charge in [-0.3, -0.25) is 14.9 Å². The maximum atomic E-state index is 12.7. The number of carboxylic acids is 4. The van der Waals surface area contributed by atoms with E-state index in [2.05, 4.69) is 16.0 Å². The third kappa shape index (κ3) is 16.0. The molecule has 16 heteroatoms. The van der Waals surface area contributed by atoms with Crippen molar-refractivity contribution in [2.75, 3.05) is 0 Å². The first-order valence-corrected chi connectivity index (χ1v) is 14.7. The van der Waals surface area contributed by atoms with Crippen LogP contribution in [0.25, 0.3) is 0 Å².